The molecule has 5 nitrogen and oxygen atoms in total. The summed E-state index contributed by atoms with van der Waals surface area (Å²) >= 11 is 5.03. The highest BCUT2D eigenvalue weighted by Gasteiger charge is 2.24. The van der Waals surface area contributed by atoms with E-state index < -0.39 is 0 Å². The van der Waals surface area contributed by atoms with Crippen molar-refractivity contribution in [2.75, 3.05) is 23.3 Å². The van der Waals surface area contributed by atoms with Crippen LogP contribution in [0.4, 0.5) is 15.8 Å². The van der Waals surface area contributed by atoms with Gasteiger partial charge in [-0.1, -0.05) is 36.4 Å². The number of carbonyl (C=O) groups is 1. The molecule has 4 aromatic rings. The quantitative estimate of drug-likeness (QED) is 0.269. The minimum atomic E-state index is -0.342. The first-order valence-electron chi connectivity index (χ1n) is 11.3. The molecule has 1 aliphatic rings. The van der Waals surface area contributed by atoms with Crippen LogP contribution in [0.5, 0.6) is 0 Å². The number of anilines is 2. The summed E-state index contributed by atoms with van der Waals surface area (Å²) in [4.78, 5) is 15.8. The van der Waals surface area contributed by atoms with E-state index in [0.717, 1.165) is 31.3 Å². The number of thiocarbonyl (C=S) groups is 1. The number of furan rings is 1. The summed E-state index contributed by atoms with van der Waals surface area (Å²) in [5.74, 6) is -0.467. The van der Waals surface area contributed by atoms with Gasteiger partial charge in [0.2, 0.25) is 5.78 Å². The van der Waals surface area contributed by atoms with Crippen LogP contribution in [0, 0.1) is 5.82 Å². The number of benzene rings is 3. The second-order valence-electron chi connectivity index (χ2n) is 8.41. The standard InChI is InChI=1S/C27H24FN3O2S/c28-20-15-17(11-12-22(20)31-13-4-1-5-14-31)19-8-6-9-21(30-27(29)34)25(19)26(32)24-16-18-7-2-3-10-23(18)33-24/h2-3,6-12,15-16H,1,4-5,13-14H2,(H3,29,30,34). The van der Waals surface area contributed by atoms with Crippen LogP contribution in [-0.2, 0) is 0 Å². The maximum Gasteiger partial charge on any atom is 0.230 e. The number of nitrogens with two attached hydrogens (primary N) is 1. The summed E-state index contributed by atoms with van der Waals surface area (Å²) < 4.78 is 21.1. The molecule has 3 aromatic carbocycles. The number of halogens is 1. The number of piperidine rings is 1. The second kappa shape index (κ2) is 9.27. The summed E-state index contributed by atoms with van der Waals surface area (Å²) in [6.07, 6.45) is 3.29. The van der Waals surface area contributed by atoms with E-state index in [1.54, 1.807) is 36.4 Å². The fourth-order valence-electron chi connectivity index (χ4n) is 4.56. The van der Waals surface area contributed by atoms with Gasteiger partial charge in [-0.3, -0.25) is 4.79 Å². The molecule has 34 heavy (non-hydrogen) atoms. The average Bonchev–Trinajstić information content (AvgIpc) is 3.28. The van der Waals surface area contributed by atoms with Gasteiger partial charge in [0.25, 0.3) is 0 Å². The van der Waals surface area contributed by atoms with Crippen LogP contribution in [-0.4, -0.2) is 24.0 Å². The van der Waals surface area contributed by atoms with Gasteiger partial charge in [-0.25, -0.2) is 4.39 Å². The lowest BCUT2D eigenvalue weighted by Gasteiger charge is -2.29. The van der Waals surface area contributed by atoms with Gasteiger partial charge >= 0.3 is 0 Å². The molecule has 1 aromatic heterocycles. The number of para-hydroxylation sites is 1. The number of hydrogen-bond acceptors (Lipinski definition) is 4. The van der Waals surface area contributed by atoms with E-state index in [2.05, 4.69) is 10.2 Å². The van der Waals surface area contributed by atoms with Crippen LogP contribution in [0.2, 0.25) is 0 Å². The van der Waals surface area contributed by atoms with E-state index in [9.17, 15) is 4.79 Å². The lowest BCUT2D eigenvalue weighted by atomic mass is 9.93. The van der Waals surface area contributed by atoms with E-state index in [1.165, 1.54) is 12.5 Å². The molecule has 1 saturated heterocycles. The Bertz CT molecular complexity index is 1360. The fraction of sp³-hybridized carbons (Fsp3) is 0.185. The Hall–Kier alpha value is -3.71. The molecule has 0 spiro atoms. The molecule has 0 amide bonds. The smallest absolute Gasteiger partial charge is 0.230 e. The van der Waals surface area contributed by atoms with Crippen LogP contribution < -0.4 is 16.0 Å². The Kier molecular flexibility index (Phi) is 6.02. The lowest BCUT2D eigenvalue weighted by Crippen LogP contribution is -2.30. The predicted octanol–water partition coefficient (Wildman–Crippen LogP) is 6.12. The van der Waals surface area contributed by atoms with Crippen molar-refractivity contribution in [2.45, 2.75) is 19.3 Å². The molecule has 7 heteroatoms. The molecule has 0 unspecified atom stereocenters. The van der Waals surface area contributed by atoms with Crippen molar-refractivity contribution in [1.82, 2.24) is 0 Å². The Morgan fingerprint density at radius 3 is 2.53 bits per heavy atom. The van der Waals surface area contributed by atoms with Crippen molar-refractivity contribution in [1.29, 1.82) is 0 Å². The zero-order chi connectivity index (χ0) is 23.7. The third-order valence-corrected chi connectivity index (χ3v) is 6.26. The van der Waals surface area contributed by atoms with Crippen LogP contribution in [0.25, 0.3) is 22.1 Å². The van der Waals surface area contributed by atoms with E-state index in [4.69, 9.17) is 22.4 Å². The first-order valence-corrected chi connectivity index (χ1v) is 11.7. The normalized spacial score (nSPS) is 13.7. The van der Waals surface area contributed by atoms with Gasteiger partial charge in [0, 0.05) is 18.5 Å². The van der Waals surface area contributed by atoms with Gasteiger partial charge in [0.1, 0.15) is 11.4 Å². The van der Waals surface area contributed by atoms with Crippen molar-refractivity contribution in [3.8, 4) is 11.1 Å². The maximum absolute atomic E-state index is 15.2. The minimum Gasteiger partial charge on any atom is -0.453 e. The van der Waals surface area contributed by atoms with Gasteiger partial charge in [-0.15, -0.1) is 0 Å². The molecular formula is C27H24FN3O2S. The fourth-order valence-corrected chi connectivity index (χ4v) is 4.67. The highest BCUT2D eigenvalue weighted by molar-refractivity contribution is 7.80. The molecule has 1 fully saturated rings. The topological polar surface area (TPSA) is 71.5 Å². The van der Waals surface area contributed by atoms with Crippen LogP contribution >= 0.6 is 12.2 Å². The summed E-state index contributed by atoms with van der Waals surface area (Å²) in [5, 5.41) is 3.74. The molecule has 0 atom stereocenters. The molecule has 0 radical (unpaired) electrons. The van der Waals surface area contributed by atoms with E-state index in [0.29, 0.717) is 33.6 Å². The third-order valence-electron chi connectivity index (χ3n) is 6.15. The number of ketones is 1. The lowest BCUT2D eigenvalue weighted by molar-refractivity contribution is 0.101. The molecule has 0 aliphatic carbocycles. The average molecular weight is 474 g/mol. The van der Waals surface area contributed by atoms with Crippen LogP contribution in [0.3, 0.4) is 0 Å². The number of carbonyl (C=O) groups excluding carboxylic acids is 1. The van der Waals surface area contributed by atoms with Crippen molar-refractivity contribution in [3.63, 3.8) is 0 Å². The molecule has 0 saturated carbocycles. The number of hydrogen-bond donors (Lipinski definition) is 2. The Labute approximate surface area is 202 Å². The summed E-state index contributed by atoms with van der Waals surface area (Å²) in [6, 6.07) is 19.5. The highest BCUT2D eigenvalue weighted by Crippen LogP contribution is 2.35. The van der Waals surface area contributed by atoms with Crippen LogP contribution in [0.1, 0.15) is 35.4 Å². The van der Waals surface area contributed by atoms with E-state index in [-0.39, 0.29) is 22.5 Å². The van der Waals surface area contributed by atoms with Crippen molar-refractivity contribution >= 4 is 45.5 Å². The zero-order valence-corrected chi connectivity index (χ0v) is 19.3. The molecule has 2 heterocycles. The molecule has 172 valence electrons. The van der Waals surface area contributed by atoms with Gasteiger partial charge in [-0.05, 0) is 72.9 Å². The predicted molar refractivity (Wildman–Crippen MR) is 138 cm³/mol. The molecule has 0 bridgehead atoms. The Morgan fingerprint density at radius 2 is 1.79 bits per heavy atom. The minimum absolute atomic E-state index is 0.0300. The summed E-state index contributed by atoms with van der Waals surface area (Å²) in [5.41, 5.74) is 8.85. The first kappa shape index (κ1) is 22.1. The highest BCUT2D eigenvalue weighted by atomic mass is 32.1. The first-order chi connectivity index (χ1) is 16.5. The molecule has 1 aliphatic heterocycles. The Morgan fingerprint density at radius 1 is 1.00 bits per heavy atom. The SMILES string of the molecule is NC(=S)Nc1cccc(-c2ccc(N3CCCCC3)c(F)c2)c1C(=O)c1cc2ccccc2o1. The van der Waals surface area contributed by atoms with Gasteiger partial charge < -0.3 is 20.4 Å². The van der Waals surface area contributed by atoms with Gasteiger partial charge in [0.05, 0.1) is 16.9 Å². The Balaban J connectivity index is 1.60. The molecule has 3 N–H and O–H groups in total. The van der Waals surface area contributed by atoms with Crippen molar-refractivity contribution in [2.24, 2.45) is 5.73 Å². The number of fused-ring (bicyclic) bond motifs is 1. The van der Waals surface area contributed by atoms with E-state index >= 15 is 4.39 Å². The second-order valence-corrected chi connectivity index (χ2v) is 8.85. The summed E-state index contributed by atoms with van der Waals surface area (Å²) in [7, 11) is 0. The van der Waals surface area contributed by atoms with Crippen molar-refractivity contribution < 1.29 is 13.6 Å². The van der Waals surface area contributed by atoms with Gasteiger partial charge in [0.15, 0.2) is 10.9 Å². The number of rotatable bonds is 5. The van der Waals surface area contributed by atoms with E-state index in [1.807, 2.05) is 24.3 Å². The monoisotopic (exact) mass is 473 g/mol. The molecular weight excluding hydrogens is 449 g/mol. The summed E-state index contributed by atoms with van der Waals surface area (Å²) in [6.45, 7) is 1.69. The molecule has 5 rings (SSSR count). The van der Waals surface area contributed by atoms with Gasteiger partial charge in [-0.2, -0.15) is 0 Å². The van der Waals surface area contributed by atoms with Crippen molar-refractivity contribution in [3.05, 3.63) is 83.9 Å². The zero-order valence-electron chi connectivity index (χ0n) is 18.5. The number of nitrogens with zero attached hydrogens (tertiary/aromatic N) is 1. The number of nitrogens with one attached hydrogen (secondary N) is 1. The third kappa shape index (κ3) is 4.26. The maximum atomic E-state index is 15.2. The van der Waals surface area contributed by atoms with Crippen LogP contribution in [0.15, 0.2) is 71.1 Å². The largest absolute Gasteiger partial charge is 0.453 e.